The third-order valence-corrected chi connectivity index (χ3v) is 5.23. The molecule has 0 fully saturated rings. The smallest absolute Gasteiger partial charge is 0.222 e. The maximum Gasteiger partial charge on any atom is 0.222 e. The molecule has 0 N–H and O–H groups in total. The lowest BCUT2D eigenvalue weighted by Crippen LogP contribution is -1.97. The number of hydrogen-bond acceptors (Lipinski definition) is 4. The fraction of sp³-hybridized carbons (Fsp3) is 0. The largest absolute Gasteiger partial charge is 0.456 e. The molecule has 4 nitrogen and oxygen atoms in total. The van der Waals surface area contributed by atoms with E-state index in [9.17, 15) is 8.92 Å². The van der Waals surface area contributed by atoms with Gasteiger partial charge in [0.2, 0.25) is 11.5 Å². The molecule has 4 aromatic carbocycles. The average molecular weight is 520 g/mol. The molecule has 0 bridgehead atoms. The van der Waals surface area contributed by atoms with Crippen molar-refractivity contribution in [3.05, 3.63) is 100 Å². The third kappa shape index (κ3) is 5.12. The van der Waals surface area contributed by atoms with Crippen LogP contribution in [-0.4, -0.2) is 0 Å². The highest BCUT2D eigenvalue weighted by Gasteiger charge is 2.24. The van der Waals surface area contributed by atoms with Crippen LogP contribution in [0.2, 0.25) is 5.02 Å². The summed E-state index contributed by atoms with van der Waals surface area (Å²) in [6.07, 6.45) is 0. The number of benzene rings is 4. The van der Waals surface area contributed by atoms with E-state index in [1.807, 2.05) is 6.07 Å². The lowest BCUT2D eigenvalue weighted by Gasteiger charge is -2.18. The van der Waals surface area contributed by atoms with E-state index in [0.29, 0.717) is 21.0 Å². The van der Waals surface area contributed by atoms with Gasteiger partial charge < -0.3 is 14.2 Å². The van der Waals surface area contributed by atoms with Crippen molar-refractivity contribution in [3.63, 3.8) is 0 Å². The Morgan fingerprint density at radius 3 is 1.84 bits per heavy atom. The predicted molar refractivity (Wildman–Crippen MR) is 120 cm³/mol. The van der Waals surface area contributed by atoms with Crippen molar-refractivity contribution in [1.82, 2.24) is 0 Å². The van der Waals surface area contributed by atoms with Crippen LogP contribution >= 0.6 is 27.5 Å². The Morgan fingerprint density at radius 1 is 0.656 bits per heavy atom. The molecule has 0 aliphatic carbocycles. The molecule has 162 valence electrons. The van der Waals surface area contributed by atoms with Crippen LogP contribution in [-0.2, 0) is 0 Å². The fourth-order valence-electron chi connectivity index (χ4n) is 2.75. The van der Waals surface area contributed by atoms with Crippen molar-refractivity contribution in [2.45, 2.75) is 0 Å². The zero-order valence-electron chi connectivity index (χ0n) is 16.2. The van der Waals surface area contributed by atoms with Gasteiger partial charge in [0.05, 0.1) is 0 Å². The molecule has 0 saturated carbocycles. The van der Waals surface area contributed by atoms with Gasteiger partial charge in [-0.05, 0) is 76.6 Å². The first-order valence-electron chi connectivity index (χ1n) is 9.28. The van der Waals surface area contributed by atoms with Gasteiger partial charge in [-0.25, -0.2) is 4.39 Å². The van der Waals surface area contributed by atoms with Crippen molar-refractivity contribution in [2.75, 3.05) is 0 Å². The van der Waals surface area contributed by atoms with Crippen molar-refractivity contribution in [1.29, 1.82) is 0 Å². The summed E-state index contributed by atoms with van der Waals surface area (Å²) in [7, 11) is 0. The van der Waals surface area contributed by atoms with E-state index in [-0.39, 0.29) is 28.7 Å². The summed E-state index contributed by atoms with van der Waals surface area (Å²) in [5.74, 6) is 0.657. The summed E-state index contributed by atoms with van der Waals surface area (Å²) in [5, 5.41) is 0.509. The Balaban J connectivity index is 1.80. The van der Waals surface area contributed by atoms with Crippen molar-refractivity contribution in [2.24, 2.45) is 0 Å². The minimum Gasteiger partial charge on any atom is -0.456 e. The SMILES string of the molecule is FOc1cc(Oc2ccccc2)c(Br)c(Oc2ccc(F)cc2)c1Oc1ccc(Cl)cc1. The van der Waals surface area contributed by atoms with Crippen LogP contribution in [0.25, 0.3) is 0 Å². The van der Waals surface area contributed by atoms with Gasteiger partial charge in [0.15, 0.2) is 5.75 Å². The molecule has 0 saturated heterocycles. The molecular formula is C24H14BrClF2O4. The van der Waals surface area contributed by atoms with Crippen molar-refractivity contribution in [3.8, 4) is 40.2 Å². The van der Waals surface area contributed by atoms with Crippen LogP contribution in [0.1, 0.15) is 0 Å². The third-order valence-electron chi connectivity index (χ3n) is 4.23. The van der Waals surface area contributed by atoms with Crippen LogP contribution in [0.4, 0.5) is 8.92 Å². The zero-order valence-corrected chi connectivity index (χ0v) is 18.6. The molecule has 0 spiro atoms. The van der Waals surface area contributed by atoms with Crippen LogP contribution in [0.15, 0.2) is 89.4 Å². The summed E-state index contributed by atoms with van der Waals surface area (Å²) in [5.41, 5.74) is 0. The van der Waals surface area contributed by atoms with Gasteiger partial charge >= 0.3 is 0 Å². The van der Waals surface area contributed by atoms with Gasteiger partial charge in [-0.2, -0.15) is 0 Å². The summed E-state index contributed by atoms with van der Waals surface area (Å²) < 4.78 is 44.9. The molecule has 0 unspecified atom stereocenters. The minimum atomic E-state index is -0.428. The molecule has 32 heavy (non-hydrogen) atoms. The molecule has 0 radical (unpaired) electrons. The van der Waals surface area contributed by atoms with Gasteiger partial charge in [-0.3, -0.25) is 4.94 Å². The van der Waals surface area contributed by atoms with E-state index in [0.717, 1.165) is 0 Å². The molecule has 0 aliphatic rings. The van der Waals surface area contributed by atoms with Gasteiger partial charge in [0, 0.05) is 15.6 Å². The average Bonchev–Trinajstić information content (AvgIpc) is 2.81. The minimum absolute atomic E-state index is 0.0626. The highest BCUT2D eigenvalue weighted by atomic mass is 79.9. The Morgan fingerprint density at radius 2 is 1.22 bits per heavy atom. The van der Waals surface area contributed by atoms with Gasteiger partial charge in [0.1, 0.15) is 33.3 Å². The topological polar surface area (TPSA) is 36.9 Å². The van der Waals surface area contributed by atoms with Gasteiger partial charge in [0.25, 0.3) is 0 Å². The zero-order chi connectivity index (χ0) is 22.5. The summed E-state index contributed by atoms with van der Waals surface area (Å²) >= 11 is 9.37. The van der Waals surface area contributed by atoms with E-state index in [4.69, 9.17) is 25.8 Å². The Bertz CT molecular complexity index is 1200. The first kappa shape index (κ1) is 21.9. The van der Waals surface area contributed by atoms with Crippen molar-refractivity contribution >= 4 is 27.5 Å². The highest BCUT2D eigenvalue weighted by molar-refractivity contribution is 9.10. The molecule has 0 atom stereocenters. The maximum atomic E-state index is 13.6. The number of rotatable bonds is 7. The Labute approximate surface area is 195 Å². The van der Waals surface area contributed by atoms with E-state index >= 15 is 0 Å². The Hall–Kier alpha value is -3.29. The maximum absolute atomic E-state index is 13.6. The number of hydrogen-bond donors (Lipinski definition) is 0. The summed E-state index contributed by atoms with van der Waals surface area (Å²) in [6, 6.07) is 22.0. The van der Waals surface area contributed by atoms with Crippen LogP contribution in [0.3, 0.4) is 0 Å². The van der Waals surface area contributed by atoms with E-state index in [2.05, 4.69) is 20.9 Å². The summed E-state index contributed by atoms with van der Waals surface area (Å²) in [6.45, 7) is 0. The molecule has 0 aromatic heterocycles. The Kier molecular flexibility index (Phi) is 6.78. The second kappa shape index (κ2) is 9.89. The lowest BCUT2D eigenvalue weighted by molar-refractivity contribution is -0.00899. The van der Waals surface area contributed by atoms with E-state index < -0.39 is 5.82 Å². The molecular weight excluding hydrogens is 506 g/mol. The van der Waals surface area contributed by atoms with Crippen LogP contribution < -0.4 is 19.2 Å². The molecule has 0 aliphatic heterocycles. The predicted octanol–water partition coefficient (Wildman–Crippen LogP) is 8.88. The van der Waals surface area contributed by atoms with E-state index in [1.165, 1.54) is 30.3 Å². The molecule has 4 rings (SSSR count). The summed E-state index contributed by atoms with van der Waals surface area (Å²) in [4.78, 5) is 4.08. The second-order valence-electron chi connectivity index (χ2n) is 6.45. The number of ether oxygens (including phenoxy) is 3. The van der Waals surface area contributed by atoms with Crippen molar-refractivity contribution < 1.29 is 28.1 Å². The normalized spacial score (nSPS) is 10.5. The van der Waals surface area contributed by atoms with Crippen LogP contribution in [0.5, 0.6) is 40.2 Å². The second-order valence-corrected chi connectivity index (χ2v) is 7.68. The fourth-order valence-corrected chi connectivity index (χ4v) is 3.33. The molecule has 0 amide bonds. The first-order valence-corrected chi connectivity index (χ1v) is 10.5. The van der Waals surface area contributed by atoms with E-state index in [1.54, 1.807) is 48.5 Å². The lowest BCUT2D eigenvalue weighted by atomic mass is 10.2. The highest BCUT2D eigenvalue weighted by Crippen LogP contribution is 2.52. The molecule has 0 heterocycles. The van der Waals surface area contributed by atoms with Crippen LogP contribution in [0, 0.1) is 5.82 Å². The monoisotopic (exact) mass is 518 g/mol. The molecule has 4 aromatic rings. The number of halogens is 4. The first-order chi connectivity index (χ1) is 15.5. The van der Waals surface area contributed by atoms with Gasteiger partial charge in [-0.1, -0.05) is 29.8 Å². The molecule has 8 heteroatoms. The standard InChI is InChI=1S/C24H14BrClF2O4/c25-22-20(29-17-4-2-1-3-5-17)14-21(32-28)23(30-18-10-6-15(26)7-11-18)24(22)31-19-12-8-16(27)9-13-19/h1-14H. The number of para-hydroxylation sites is 1. The quantitative estimate of drug-likeness (QED) is 0.244. The van der Waals surface area contributed by atoms with Gasteiger partial charge in [-0.15, -0.1) is 0 Å².